The van der Waals surface area contributed by atoms with Gasteiger partial charge in [-0.15, -0.1) is 11.3 Å². The standard InChI is InChI=1S/C23H26N4O2S2/c28-31(29,21-11-8-16-30-21)27-15-12-20-19(17-27)23(26-13-6-1-2-7-14-26)25-22(24-20)18-9-4-3-5-10-18/h3-5,8-11,16H,1-2,6-7,12-15,17H2. The Morgan fingerprint density at radius 1 is 0.871 bits per heavy atom. The maximum absolute atomic E-state index is 13.2. The Bertz CT molecular complexity index is 1140. The van der Waals surface area contributed by atoms with Crippen molar-refractivity contribution in [1.29, 1.82) is 0 Å². The number of sulfonamides is 1. The molecule has 1 saturated heterocycles. The molecule has 0 atom stereocenters. The quantitative estimate of drug-likeness (QED) is 0.587. The molecule has 3 aromatic rings. The lowest BCUT2D eigenvalue weighted by molar-refractivity contribution is 0.388. The van der Waals surface area contributed by atoms with Crippen molar-refractivity contribution < 1.29 is 8.42 Å². The van der Waals surface area contributed by atoms with Crippen molar-refractivity contribution in [2.24, 2.45) is 0 Å². The third-order valence-corrected chi connectivity index (χ3v) is 9.25. The molecule has 0 bridgehead atoms. The molecule has 31 heavy (non-hydrogen) atoms. The fraction of sp³-hybridized carbons (Fsp3) is 0.391. The number of fused-ring (bicyclic) bond motifs is 1. The molecule has 0 N–H and O–H groups in total. The average molecular weight is 455 g/mol. The van der Waals surface area contributed by atoms with Crippen LogP contribution in [0.25, 0.3) is 11.4 Å². The molecule has 0 radical (unpaired) electrons. The fourth-order valence-electron chi connectivity index (χ4n) is 4.37. The topological polar surface area (TPSA) is 66.4 Å². The van der Waals surface area contributed by atoms with Crippen molar-refractivity contribution in [1.82, 2.24) is 14.3 Å². The van der Waals surface area contributed by atoms with E-state index in [9.17, 15) is 8.42 Å². The third-order valence-electron chi connectivity index (χ3n) is 6.03. The Hall–Kier alpha value is -2.29. The first-order valence-electron chi connectivity index (χ1n) is 10.9. The molecule has 2 aliphatic heterocycles. The number of hydrogen-bond donors (Lipinski definition) is 0. The van der Waals surface area contributed by atoms with Crippen LogP contribution in [0.15, 0.2) is 52.1 Å². The van der Waals surface area contributed by atoms with E-state index in [-0.39, 0.29) is 0 Å². The van der Waals surface area contributed by atoms with Gasteiger partial charge in [-0.2, -0.15) is 4.31 Å². The van der Waals surface area contributed by atoms with Crippen molar-refractivity contribution in [3.63, 3.8) is 0 Å². The highest BCUT2D eigenvalue weighted by molar-refractivity contribution is 7.91. The van der Waals surface area contributed by atoms with Crippen molar-refractivity contribution in [3.05, 3.63) is 59.1 Å². The SMILES string of the molecule is O=S(=O)(c1cccs1)N1CCc2nc(-c3ccccc3)nc(N3CCCCCC3)c2C1. The number of rotatable bonds is 4. The molecule has 1 fully saturated rings. The second-order valence-electron chi connectivity index (χ2n) is 8.08. The maximum atomic E-state index is 13.2. The van der Waals surface area contributed by atoms with E-state index in [1.165, 1.54) is 24.2 Å². The Morgan fingerprint density at radius 2 is 1.65 bits per heavy atom. The van der Waals surface area contributed by atoms with E-state index >= 15 is 0 Å². The van der Waals surface area contributed by atoms with Gasteiger partial charge in [-0.05, 0) is 24.3 Å². The number of hydrogen-bond acceptors (Lipinski definition) is 6. The van der Waals surface area contributed by atoms with Gasteiger partial charge < -0.3 is 4.90 Å². The third kappa shape index (κ3) is 4.12. The first-order chi connectivity index (χ1) is 15.1. The molecule has 2 aromatic heterocycles. The average Bonchev–Trinajstić information content (AvgIpc) is 3.23. The Balaban J connectivity index is 1.57. The van der Waals surface area contributed by atoms with E-state index in [2.05, 4.69) is 4.90 Å². The van der Waals surface area contributed by atoms with Crippen molar-refractivity contribution >= 4 is 27.2 Å². The Kier molecular flexibility index (Phi) is 5.77. The Morgan fingerprint density at radius 3 is 2.35 bits per heavy atom. The van der Waals surface area contributed by atoms with Gasteiger partial charge in [0, 0.05) is 43.7 Å². The van der Waals surface area contributed by atoms with Gasteiger partial charge in [0.1, 0.15) is 10.0 Å². The van der Waals surface area contributed by atoms with Crippen LogP contribution in [0.4, 0.5) is 5.82 Å². The highest BCUT2D eigenvalue weighted by Gasteiger charge is 2.33. The van der Waals surface area contributed by atoms with Crippen LogP contribution in [0.1, 0.15) is 36.9 Å². The summed E-state index contributed by atoms with van der Waals surface area (Å²) in [4.78, 5) is 12.2. The predicted octanol–water partition coefficient (Wildman–Crippen LogP) is 4.33. The smallest absolute Gasteiger partial charge is 0.252 e. The largest absolute Gasteiger partial charge is 0.356 e. The molecule has 0 unspecified atom stereocenters. The molecule has 0 saturated carbocycles. The summed E-state index contributed by atoms with van der Waals surface area (Å²) in [5.74, 6) is 1.64. The molecule has 2 aliphatic rings. The molecular formula is C23H26N4O2S2. The highest BCUT2D eigenvalue weighted by atomic mass is 32.2. The van der Waals surface area contributed by atoms with Gasteiger partial charge in [0.15, 0.2) is 5.82 Å². The van der Waals surface area contributed by atoms with E-state index in [1.807, 2.05) is 35.7 Å². The molecule has 8 heteroatoms. The van der Waals surface area contributed by atoms with E-state index in [0.717, 1.165) is 54.4 Å². The minimum Gasteiger partial charge on any atom is -0.356 e. The fourth-order valence-corrected chi connectivity index (χ4v) is 6.93. The molecule has 0 amide bonds. The van der Waals surface area contributed by atoms with Crippen LogP contribution in [0, 0.1) is 0 Å². The van der Waals surface area contributed by atoms with Crippen LogP contribution in [0.3, 0.4) is 0 Å². The summed E-state index contributed by atoms with van der Waals surface area (Å²) in [6.07, 6.45) is 5.33. The van der Waals surface area contributed by atoms with Crippen LogP contribution < -0.4 is 4.90 Å². The predicted molar refractivity (Wildman–Crippen MR) is 124 cm³/mol. The zero-order chi connectivity index (χ0) is 21.3. The molecule has 4 heterocycles. The molecule has 6 nitrogen and oxygen atoms in total. The van der Waals surface area contributed by atoms with Gasteiger partial charge in [0.2, 0.25) is 0 Å². The number of nitrogens with zero attached hydrogens (tertiary/aromatic N) is 4. The minimum atomic E-state index is -3.50. The lowest BCUT2D eigenvalue weighted by atomic mass is 10.1. The minimum absolute atomic E-state index is 0.330. The van der Waals surface area contributed by atoms with E-state index in [4.69, 9.17) is 9.97 Å². The summed E-state index contributed by atoms with van der Waals surface area (Å²) in [7, 11) is -3.50. The first kappa shape index (κ1) is 20.6. The van der Waals surface area contributed by atoms with Gasteiger partial charge in [0.25, 0.3) is 10.0 Å². The second kappa shape index (κ2) is 8.68. The lowest BCUT2D eigenvalue weighted by Gasteiger charge is -2.32. The van der Waals surface area contributed by atoms with Gasteiger partial charge in [-0.3, -0.25) is 0 Å². The number of aromatic nitrogens is 2. The molecular weight excluding hydrogens is 428 g/mol. The van der Waals surface area contributed by atoms with E-state index < -0.39 is 10.0 Å². The van der Waals surface area contributed by atoms with Crippen LogP contribution in [0.2, 0.25) is 0 Å². The maximum Gasteiger partial charge on any atom is 0.252 e. The Labute approximate surface area is 187 Å². The van der Waals surface area contributed by atoms with Crippen molar-refractivity contribution in [2.75, 3.05) is 24.5 Å². The second-order valence-corrected chi connectivity index (χ2v) is 11.2. The summed E-state index contributed by atoms with van der Waals surface area (Å²) in [5, 5.41) is 1.81. The first-order valence-corrected chi connectivity index (χ1v) is 13.2. The summed E-state index contributed by atoms with van der Waals surface area (Å²) in [6.45, 7) is 2.68. The number of benzene rings is 1. The van der Waals surface area contributed by atoms with Crippen molar-refractivity contribution in [3.8, 4) is 11.4 Å². The van der Waals surface area contributed by atoms with Crippen LogP contribution >= 0.6 is 11.3 Å². The van der Waals surface area contributed by atoms with E-state index in [0.29, 0.717) is 23.7 Å². The van der Waals surface area contributed by atoms with Crippen LogP contribution in [-0.2, 0) is 23.0 Å². The van der Waals surface area contributed by atoms with Gasteiger partial charge in [-0.25, -0.2) is 18.4 Å². The molecule has 0 spiro atoms. The summed E-state index contributed by atoms with van der Waals surface area (Å²) >= 11 is 1.27. The molecule has 0 aliphatic carbocycles. The van der Waals surface area contributed by atoms with Gasteiger partial charge in [-0.1, -0.05) is 49.2 Å². The summed E-state index contributed by atoms with van der Waals surface area (Å²) in [6, 6.07) is 13.5. The monoisotopic (exact) mass is 454 g/mol. The lowest BCUT2D eigenvalue weighted by Crippen LogP contribution is -2.38. The van der Waals surface area contributed by atoms with E-state index in [1.54, 1.807) is 16.4 Å². The molecule has 162 valence electrons. The van der Waals surface area contributed by atoms with Crippen LogP contribution in [0.5, 0.6) is 0 Å². The number of thiophene rings is 1. The van der Waals surface area contributed by atoms with Crippen LogP contribution in [-0.4, -0.2) is 42.3 Å². The summed E-state index contributed by atoms with van der Waals surface area (Å²) in [5.41, 5.74) is 2.94. The molecule has 1 aromatic carbocycles. The highest BCUT2D eigenvalue weighted by Crippen LogP contribution is 2.33. The zero-order valence-corrected chi connectivity index (χ0v) is 19.0. The van der Waals surface area contributed by atoms with Crippen molar-refractivity contribution in [2.45, 2.75) is 42.9 Å². The van der Waals surface area contributed by atoms with Gasteiger partial charge >= 0.3 is 0 Å². The molecule has 5 rings (SSSR count). The number of anilines is 1. The zero-order valence-electron chi connectivity index (χ0n) is 17.4. The summed E-state index contributed by atoms with van der Waals surface area (Å²) < 4.78 is 28.3. The normalized spacial score (nSPS) is 17.9. The van der Waals surface area contributed by atoms with Gasteiger partial charge in [0.05, 0.1) is 5.69 Å².